The van der Waals surface area contributed by atoms with Gasteiger partial charge in [-0.2, -0.15) is 0 Å². The summed E-state index contributed by atoms with van der Waals surface area (Å²) >= 11 is 6.08. The Morgan fingerprint density at radius 2 is 2.17 bits per heavy atom. The first-order valence-corrected chi connectivity index (χ1v) is 6.97. The Bertz CT molecular complexity index is 443. The maximum absolute atomic E-state index is 6.31. The van der Waals surface area contributed by atoms with Crippen molar-refractivity contribution >= 4 is 11.6 Å². The quantitative estimate of drug-likeness (QED) is 0.820. The summed E-state index contributed by atoms with van der Waals surface area (Å²) in [7, 11) is 2.01. The first-order chi connectivity index (χ1) is 8.72. The van der Waals surface area contributed by atoms with Crippen LogP contribution in [0.1, 0.15) is 30.9 Å². The van der Waals surface area contributed by atoms with Crippen LogP contribution in [-0.4, -0.2) is 25.7 Å². The van der Waals surface area contributed by atoms with Crippen molar-refractivity contribution < 1.29 is 4.74 Å². The Kier molecular flexibility index (Phi) is 3.22. The molecule has 1 aromatic rings. The van der Waals surface area contributed by atoms with Gasteiger partial charge in [-0.1, -0.05) is 11.6 Å². The summed E-state index contributed by atoms with van der Waals surface area (Å²) < 4.78 is 6.31. The number of rotatable bonds is 1. The predicted octanol–water partition coefficient (Wildman–Crippen LogP) is 2.51. The van der Waals surface area contributed by atoms with Gasteiger partial charge in [-0.15, -0.1) is 0 Å². The van der Waals surface area contributed by atoms with Crippen molar-refractivity contribution in [2.75, 3.05) is 20.1 Å². The van der Waals surface area contributed by atoms with Crippen LogP contribution >= 0.6 is 11.6 Å². The smallest absolute Gasteiger partial charge is 0.125 e. The maximum Gasteiger partial charge on any atom is 0.125 e. The molecule has 3 rings (SSSR count). The number of halogens is 1. The molecule has 0 amide bonds. The van der Waals surface area contributed by atoms with Gasteiger partial charge in [-0.25, -0.2) is 0 Å². The third kappa shape index (κ3) is 2.11. The van der Waals surface area contributed by atoms with Crippen molar-refractivity contribution in [1.82, 2.24) is 10.6 Å². The first kappa shape index (κ1) is 12.3. The molecule has 2 aliphatic heterocycles. The number of benzene rings is 1. The highest BCUT2D eigenvalue weighted by molar-refractivity contribution is 6.30. The lowest BCUT2D eigenvalue weighted by atomic mass is 9.81. The number of hydrogen-bond donors (Lipinski definition) is 2. The van der Waals surface area contributed by atoms with E-state index in [1.54, 1.807) is 0 Å². The fourth-order valence-corrected chi connectivity index (χ4v) is 3.27. The van der Waals surface area contributed by atoms with Gasteiger partial charge in [0.2, 0.25) is 0 Å². The molecule has 2 aliphatic rings. The van der Waals surface area contributed by atoms with E-state index in [1.165, 1.54) is 5.56 Å². The van der Waals surface area contributed by atoms with E-state index in [1.807, 2.05) is 25.2 Å². The number of nitrogens with one attached hydrogen (secondary N) is 2. The van der Waals surface area contributed by atoms with Gasteiger partial charge in [0.15, 0.2) is 0 Å². The number of piperidine rings is 1. The van der Waals surface area contributed by atoms with E-state index in [-0.39, 0.29) is 5.60 Å². The van der Waals surface area contributed by atoms with Crippen LogP contribution < -0.4 is 15.4 Å². The fraction of sp³-hybridized carbons (Fsp3) is 0.571. The molecule has 4 heteroatoms. The van der Waals surface area contributed by atoms with E-state index in [0.29, 0.717) is 6.04 Å². The summed E-state index contributed by atoms with van der Waals surface area (Å²) in [6.07, 6.45) is 3.18. The maximum atomic E-state index is 6.31. The highest BCUT2D eigenvalue weighted by Crippen LogP contribution is 2.44. The van der Waals surface area contributed by atoms with Gasteiger partial charge in [-0.05, 0) is 51.2 Å². The van der Waals surface area contributed by atoms with E-state index in [4.69, 9.17) is 16.3 Å². The van der Waals surface area contributed by atoms with E-state index < -0.39 is 0 Å². The molecule has 98 valence electrons. The second-order valence-electron chi connectivity index (χ2n) is 5.26. The third-order valence-electron chi connectivity index (χ3n) is 4.11. The van der Waals surface area contributed by atoms with E-state index >= 15 is 0 Å². The molecule has 0 bridgehead atoms. The number of hydrogen-bond acceptors (Lipinski definition) is 3. The van der Waals surface area contributed by atoms with Crippen LogP contribution in [-0.2, 0) is 0 Å². The molecule has 1 atom stereocenters. The lowest BCUT2D eigenvalue weighted by molar-refractivity contribution is 0.00412. The van der Waals surface area contributed by atoms with Gasteiger partial charge in [0.05, 0.1) is 0 Å². The molecule has 1 saturated heterocycles. The summed E-state index contributed by atoms with van der Waals surface area (Å²) in [5.41, 5.74) is 1.19. The molecule has 2 N–H and O–H groups in total. The minimum atomic E-state index is -0.000242. The van der Waals surface area contributed by atoms with Crippen molar-refractivity contribution in [3.63, 3.8) is 0 Å². The van der Waals surface area contributed by atoms with Crippen molar-refractivity contribution in [2.24, 2.45) is 0 Å². The molecule has 0 aromatic heterocycles. The second kappa shape index (κ2) is 4.72. The van der Waals surface area contributed by atoms with Crippen molar-refractivity contribution in [1.29, 1.82) is 0 Å². The van der Waals surface area contributed by atoms with Crippen LogP contribution in [0.15, 0.2) is 18.2 Å². The SMILES string of the molecule is CNC1CC2(CCNCC2)Oc2ccc(Cl)cc21. The summed E-state index contributed by atoms with van der Waals surface area (Å²) in [6.45, 7) is 2.08. The van der Waals surface area contributed by atoms with Crippen LogP contribution in [0.5, 0.6) is 5.75 Å². The van der Waals surface area contributed by atoms with Crippen molar-refractivity contribution in [2.45, 2.75) is 30.9 Å². The molecule has 0 radical (unpaired) electrons. The second-order valence-corrected chi connectivity index (χ2v) is 5.70. The highest BCUT2D eigenvalue weighted by atomic mass is 35.5. The minimum absolute atomic E-state index is 0.000242. The molecule has 0 aliphatic carbocycles. The molecule has 18 heavy (non-hydrogen) atoms. The zero-order valence-corrected chi connectivity index (χ0v) is 11.4. The standard InChI is InChI=1S/C14H19ClN2O/c1-16-12-9-14(4-6-17-7-5-14)18-13-3-2-10(15)8-11(12)13/h2-3,8,12,16-17H,4-7,9H2,1H3. The molecule has 0 saturated carbocycles. The van der Waals surface area contributed by atoms with Gasteiger partial charge in [0.1, 0.15) is 11.4 Å². The summed E-state index contributed by atoms with van der Waals surface area (Å²) in [5.74, 6) is 0.993. The molecule has 3 nitrogen and oxygen atoms in total. The van der Waals surface area contributed by atoms with Crippen molar-refractivity contribution in [3.05, 3.63) is 28.8 Å². The lowest BCUT2D eigenvalue weighted by Crippen LogP contribution is -2.50. The molecular weight excluding hydrogens is 248 g/mol. The first-order valence-electron chi connectivity index (χ1n) is 6.59. The van der Waals surface area contributed by atoms with Crippen LogP contribution in [0.3, 0.4) is 0 Å². The van der Waals surface area contributed by atoms with Gasteiger partial charge in [-0.3, -0.25) is 0 Å². The molecule has 2 heterocycles. The fourth-order valence-electron chi connectivity index (χ4n) is 3.09. The Balaban J connectivity index is 1.96. The highest BCUT2D eigenvalue weighted by Gasteiger charge is 2.41. The monoisotopic (exact) mass is 266 g/mol. The van der Waals surface area contributed by atoms with Crippen LogP contribution in [0, 0.1) is 0 Å². The Morgan fingerprint density at radius 3 is 2.89 bits per heavy atom. The largest absolute Gasteiger partial charge is 0.487 e. The van der Waals surface area contributed by atoms with E-state index in [9.17, 15) is 0 Å². The summed E-state index contributed by atoms with van der Waals surface area (Å²) in [4.78, 5) is 0. The number of fused-ring (bicyclic) bond motifs is 1. The minimum Gasteiger partial charge on any atom is -0.487 e. The van der Waals surface area contributed by atoms with Gasteiger partial charge in [0, 0.05) is 23.0 Å². The average molecular weight is 267 g/mol. The van der Waals surface area contributed by atoms with E-state index in [2.05, 4.69) is 10.6 Å². The zero-order chi connectivity index (χ0) is 12.6. The molecule has 1 aromatic carbocycles. The molecule has 1 fully saturated rings. The van der Waals surface area contributed by atoms with Crippen LogP contribution in [0.2, 0.25) is 5.02 Å². The van der Waals surface area contributed by atoms with Gasteiger partial charge in [0.25, 0.3) is 0 Å². The lowest BCUT2D eigenvalue weighted by Gasteiger charge is -2.44. The Hall–Kier alpha value is -0.770. The van der Waals surface area contributed by atoms with Crippen LogP contribution in [0.25, 0.3) is 0 Å². The zero-order valence-electron chi connectivity index (χ0n) is 10.6. The molecule has 1 spiro atoms. The van der Waals surface area contributed by atoms with Gasteiger partial charge >= 0.3 is 0 Å². The summed E-state index contributed by atoms with van der Waals surface area (Å²) in [5, 5.41) is 7.58. The Morgan fingerprint density at radius 1 is 1.39 bits per heavy atom. The van der Waals surface area contributed by atoms with E-state index in [0.717, 1.165) is 43.1 Å². The number of ether oxygens (including phenoxy) is 1. The Labute approximate surface area is 113 Å². The predicted molar refractivity (Wildman–Crippen MR) is 73.3 cm³/mol. The van der Waals surface area contributed by atoms with Crippen LogP contribution in [0.4, 0.5) is 0 Å². The summed E-state index contributed by atoms with van der Waals surface area (Å²) in [6, 6.07) is 6.27. The normalized spacial score (nSPS) is 25.6. The van der Waals surface area contributed by atoms with Gasteiger partial charge < -0.3 is 15.4 Å². The molecular formula is C14H19ClN2O. The third-order valence-corrected chi connectivity index (χ3v) is 4.35. The average Bonchev–Trinajstić information content (AvgIpc) is 2.39. The topological polar surface area (TPSA) is 33.3 Å². The molecule has 1 unspecified atom stereocenters. The van der Waals surface area contributed by atoms with Crippen molar-refractivity contribution in [3.8, 4) is 5.75 Å².